The highest BCUT2D eigenvalue weighted by molar-refractivity contribution is 5.81. The summed E-state index contributed by atoms with van der Waals surface area (Å²) in [5, 5.41) is 0. The molecule has 0 aliphatic heterocycles. The summed E-state index contributed by atoms with van der Waals surface area (Å²) in [6, 6.07) is 8.28. The predicted molar refractivity (Wildman–Crippen MR) is 66.5 cm³/mol. The Morgan fingerprint density at radius 3 is 2.75 bits per heavy atom. The van der Waals surface area contributed by atoms with Crippen LogP contribution in [0.3, 0.4) is 0 Å². The molecule has 2 rings (SSSR count). The molecular formula is C15H20O. The van der Waals surface area contributed by atoms with Crippen molar-refractivity contribution in [3.05, 3.63) is 35.4 Å². The molecule has 0 saturated heterocycles. The molecule has 1 heteroatoms. The molecule has 0 atom stereocenters. The Labute approximate surface area is 97.9 Å². The van der Waals surface area contributed by atoms with Crippen LogP contribution in [-0.2, 0) is 11.2 Å². The molecule has 1 nitrogen and oxygen atoms in total. The van der Waals surface area contributed by atoms with Crippen LogP contribution in [0.5, 0.6) is 0 Å². The fourth-order valence-electron chi connectivity index (χ4n) is 2.66. The van der Waals surface area contributed by atoms with Crippen LogP contribution in [0.25, 0.3) is 0 Å². The number of carbonyl (C=O) groups excluding carboxylic acids is 1. The van der Waals surface area contributed by atoms with E-state index in [2.05, 4.69) is 25.1 Å². The largest absolute Gasteiger partial charge is 0.299 e. The van der Waals surface area contributed by atoms with E-state index in [1.807, 2.05) is 6.07 Å². The third kappa shape index (κ3) is 3.19. The van der Waals surface area contributed by atoms with Crippen molar-refractivity contribution in [1.29, 1.82) is 0 Å². The van der Waals surface area contributed by atoms with E-state index in [1.54, 1.807) is 0 Å². The van der Waals surface area contributed by atoms with Crippen LogP contribution in [0.2, 0.25) is 0 Å². The molecule has 16 heavy (non-hydrogen) atoms. The number of aryl methyl sites for hydroxylation is 1. The topological polar surface area (TPSA) is 17.1 Å². The predicted octanol–water partition coefficient (Wildman–Crippen LogP) is 3.69. The molecule has 1 saturated carbocycles. The van der Waals surface area contributed by atoms with E-state index in [0.29, 0.717) is 18.1 Å². The van der Waals surface area contributed by atoms with E-state index < -0.39 is 0 Å². The van der Waals surface area contributed by atoms with Crippen LogP contribution in [-0.4, -0.2) is 5.78 Å². The lowest BCUT2D eigenvalue weighted by Crippen LogP contribution is -2.08. The molecule has 0 radical (unpaired) electrons. The highest BCUT2D eigenvalue weighted by atomic mass is 16.1. The summed E-state index contributed by atoms with van der Waals surface area (Å²) < 4.78 is 0. The molecule has 1 fully saturated rings. The summed E-state index contributed by atoms with van der Waals surface area (Å²) in [5.41, 5.74) is 2.41. The van der Waals surface area contributed by atoms with Gasteiger partial charge < -0.3 is 0 Å². The summed E-state index contributed by atoms with van der Waals surface area (Å²) in [6.45, 7) is 2.07. The zero-order valence-electron chi connectivity index (χ0n) is 10.0. The molecule has 0 amide bonds. The van der Waals surface area contributed by atoms with Crippen molar-refractivity contribution in [2.45, 2.75) is 45.4 Å². The standard InChI is InChI=1S/C15H20O/c1-12-5-4-8-14(9-12)11-15(16)10-13-6-2-3-7-13/h4-5,8-9,13H,2-3,6-7,10-11H2,1H3. The second-order valence-electron chi connectivity index (χ2n) is 5.06. The monoisotopic (exact) mass is 216 g/mol. The molecule has 1 aromatic carbocycles. The van der Waals surface area contributed by atoms with Gasteiger partial charge in [0.1, 0.15) is 5.78 Å². The zero-order chi connectivity index (χ0) is 11.4. The van der Waals surface area contributed by atoms with Crippen LogP contribution < -0.4 is 0 Å². The quantitative estimate of drug-likeness (QED) is 0.750. The first kappa shape index (κ1) is 11.4. The van der Waals surface area contributed by atoms with Crippen LogP contribution in [0.1, 0.15) is 43.2 Å². The first-order valence-electron chi connectivity index (χ1n) is 6.31. The smallest absolute Gasteiger partial charge is 0.137 e. The first-order chi connectivity index (χ1) is 7.74. The highest BCUT2D eigenvalue weighted by Gasteiger charge is 2.18. The SMILES string of the molecule is Cc1cccc(CC(=O)CC2CCCC2)c1. The number of hydrogen-bond donors (Lipinski definition) is 0. The van der Waals surface area contributed by atoms with Crippen molar-refractivity contribution in [1.82, 2.24) is 0 Å². The Bertz CT molecular complexity index is 361. The van der Waals surface area contributed by atoms with E-state index in [0.717, 1.165) is 6.42 Å². The lowest BCUT2D eigenvalue weighted by atomic mass is 9.97. The number of rotatable bonds is 4. The van der Waals surface area contributed by atoms with Gasteiger partial charge in [0.05, 0.1) is 0 Å². The minimum Gasteiger partial charge on any atom is -0.299 e. The van der Waals surface area contributed by atoms with Gasteiger partial charge in [-0.1, -0.05) is 55.5 Å². The number of hydrogen-bond acceptors (Lipinski definition) is 1. The molecule has 0 aromatic heterocycles. The van der Waals surface area contributed by atoms with Gasteiger partial charge in [-0.25, -0.2) is 0 Å². The third-order valence-electron chi connectivity index (χ3n) is 3.47. The summed E-state index contributed by atoms with van der Waals surface area (Å²) in [7, 11) is 0. The van der Waals surface area contributed by atoms with Crippen molar-refractivity contribution in [2.24, 2.45) is 5.92 Å². The van der Waals surface area contributed by atoms with Gasteiger partial charge in [0.15, 0.2) is 0 Å². The molecule has 0 heterocycles. The average Bonchev–Trinajstić information content (AvgIpc) is 2.70. The van der Waals surface area contributed by atoms with Gasteiger partial charge in [0, 0.05) is 12.8 Å². The van der Waals surface area contributed by atoms with Crippen molar-refractivity contribution in [2.75, 3.05) is 0 Å². The van der Waals surface area contributed by atoms with Gasteiger partial charge in [0.2, 0.25) is 0 Å². The second kappa shape index (κ2) is 5.29. The number of ketones is 1. The molecule has 0 bridgehead atoms. The summed E-state index contributed by atoms with van der Waals surface area (Å²) in [5.74, 6) is 1.09. The normalized spacial score (nSPS) is 16.6. The fraction of sp³-hybridized carbons (Fsp3) is 0.533. The summed E-state index contributed by atoms with van der Waals surface area (Å²) in [6.07, 6.45) is 6.59. The van der Waals surface area contributed by atoms with Crippen molar-refractivity contribution in [3.8, 4) is 0 Å². The van der Waals surface area contributed by atoms with Gasteiger partial charge >= 0.3 is 0 Å². The minimum atomic E-state index is 0.414. The molecule has 0 unspecified atom stereocenters. The van der Waals surface area contributed by atoms with Gasteiger partial charge in [-0.3, -0.25) is 4.79 Å². The van der Waals surface area contributed by atoms with Crippen molar-refractivity contribution in [3.63, 3.8) is 0 Å². The fourth-order valence-corrected chi connectivity index (χ4v) is 2.66. The third-order valence-corrected chi connectivity index (χ3v) is 3.47. The summed E-state index contributed by atoms with van der Waals surface area (Å²) in [4.78, 5) is 11.9. The van der Waals surface area contributed by atoms with E-state index in [9.17, 15) is 4.79 Å². The first-order valence-corrected chi connectivity index (χ1v) is 6.31. The lowest BCUT2D eigenvalue weighted by Gasteiger charge is -2.07. The minimum absolute atomic E-state index is 0.414. The second-order valence-corrected chi connectivity index (χ2v) is 5.06. The molecule has 1 aliphatic carbocycles. The Balaban J connectivity index is 1.86. The van der Waals surface area contributed by atoms with Crippen LogP contribution in [0, 0.1) is 12.8 Å². The molecular weight excluding hydrogens is 196 g/mol. The maximum atomic E-state index is 11.9. The highest BCUT2D eigenvalue weighted by Crippen LogP contribution is 2.28. The Hall–Kier alpha value is -1.11. The number of Topliss-reactive ketones (excluding diaryl/α,β-unsaturated/α-hetero) is 1. The molecule has 0 spiro atoms. The average molecular weight is 216 g/mol. The Morgan fingerprint density at radius 2 is 2.06 bits per heavy atom. The van der Waals surface area contributed by atoms with E-state index in [1.165, 1.54) is 36.8 Å². The number of carbonyl (C=O) groups is 1. The maximum absolute atomic E-state index is 11.9. The van der Waals surface area contributed by atoms with Gasteiger partial charge in [0.25, 0.3) is 0 Å². The van der Waals surface area contributed by atoms with E-state index in [4.69, 9.17) is 0 Å². The van der Waals surface area contributed by atoms with Gasteiger partial charge in [-0.05, 0) is 18.4 Å². The molecule has 1 aliphatic rings. The van der Waals surface area contributed by atoms with Gasteiger partial charge in [-0.15, -0.1) is 0 Å². The van der Waals surface area contributed by atoms with Crippen LogP contribution >= 0.6 is 0 Å². The molecule has 86 valence electrons. The summed E-state index contributed by atoms with van der Waals surface area (Å²) >= 11 is 0. The molecule has 1 aromatic rings. The number of benzene rings is 1. The van der Waals surface area contributed by atoms with Crippen LogP contribution in [0.15, 0.2) is 24.3 Å². The Morgan fingerprint density at radius 1 is 1.31 bits per heavy atom. The Kier molecular flexibility index (Phi) is 3.76. The van der Waals surface area contributed by atoms with Crippen molar-refractivity contribution < 1.29 is 4.79 Å². The maximum Gasteiger partial charge on any atom is 0.137 e. The van der Waals surface area contributed by atoms with Gasteiger partial charge in [-0.2, -0.15) is 0 Å². The zero-order valence-corrected chi connectivity index (χ0v) is 10.0. The van der Waals surface area contributed by atoms with E-state index >= 15 is 0 Å². The molecule has 0 N–H and O–H groups in total. The van der Waals surface area contributed by atoms with E-state index in [-0.39, 0.29) is 0 Å². The lowest BCUT2D eigenvalue weighted by molar-refractivity contribution is -0.119. The van der Waals surface area contributed by atoms with Crippen LogP contribution in [0.4, 0.5) is 0 Å². The van der Waals surface area contributed by atoms with Crippen molar-refractivity contribution >= 4 is 5.78 Å².